The second-order valence-electron chi connectivity index (χ2n) is 4.50. The van der Waals surface area contributed by atoms with E-state index in [0.717, 1.165) is 16.9 Å². The molecule has 0 fully saturated rings. The van der Waals surface area contributed by atoms with Gasteiger partial charge in [0.15, 0.2) is 17.2 Å². The van der Waals surface area contributed by atoms with E-state index in [1.807, 2.05) is 0 Å². The molecule has 12 heteroatoms. The van der Waals surface area contributed by atoms with Crippen molar-refractivity contribution in [1.29, 1.82) is 0 Å². The number of carboxylic acids is 1. The summed E-state index contributed by atoms with van der Waals surface area (Å²) in [5.41, 5.74) is -2.27. The van der Waals surface area contributed by atoms with Crippen LogP contribution in [-0.2, 0) is 6.00 Å². The van der Waals surface area contributed by atoms with Crippen LogP contribution in [0, 0.1) is 10.1 Å². The van der Waals surface area contributed by atoms with Gasteiger partial charge in [-0.2, -0.15) is 4.80 Å². The molecule has 0 unspecified atom stereocenters. The van der Waals surface area contributed by atoms with E-state index in [-0.39, 0.29) is 17.5 Å². The molecule has 1 N–H and O–H groups in total. The average molecular weight is 371 g/mol. The highest BCUT2D eigenvalue weighted by Gasteiger charge is 2.31. The number of rotatable bonds is 7. The molecule has 1 heterocycles. The zero-order chi connectivity index (χ0) is 18.7. The molecule has 0 spiro atoms. The van der Waals surface area contributed by atoms with E-state index in [2.05, 4.69) is 10.2 Å². The second-order valence-corrected chi connectivity index (χ2v) is 4.74. The molecule has 1 aromatic heterocycles. The topological polar surface area (TPSA) is 147 Å². The number of alkyl halides is 1. The SMILES string of the molecule is COc1cc(C(=O)c2nn(CCl)nc2C(=O)O)c([N+](=O)[O-])cc1OC. The number of methoxy groups -OCH3 is 2. The molecule has 2 aromatic rings. The predicted octanol–water partition coefficient (Wildman–Crippen LogP) is 1.33. The lowest BCUT2D eigenvalue weighted by molar-refractivity contribution is -0.385. The van der Waals surface area contributed by atoms with Crippen LogP contribution in [0.4, 0.5) is 5.69 Å². The van der Waals surface area contributed by atoms with Crippen LogP contribution in [0.25, 0.3) is 0 Å². The molecular formula is C13H11ClN4O7. The standard InChI is InChI=1S/C13H11ClN4O7/c1-24-8-3-6(7(18(22)23)4-9(8)25-2)12(19)10-11(13(20)21)16-17(5-14)15-10/h3-4H,5H2,1-2H3,(H,20,21). The Labute approximate surface area is 144 Å². The molecule has 0 aliphatic rings. The van der Waals surface area contributed by atoms with Gasteiger partial charge in [-0.25, -0.2) is 4.79 Å². The number of ketones is 1. The molecule has 0 aliphatic heterocycles. The predicted molar refractivity (Wildman–Crippen MR) is 82.5 cm³/mol. The van der Waals surface area contributed by atoms with Gasteiger partial charge in [0.1, 0.15) is 11.6 Å². The fourth-order valence-corrected chi connectivity index (χ4v) is 2.13. The lowest BCUT2D eigenvalue weighted by Gasteiger charge is -2.09. The first kappa shape index (κ1) is 18.1. The van der Waals surface area contributed by atoms with Crippen LogP contribution in [-0.4, -0.2) is 51.0 Å². The minimum Gasteiger partial charge on any atom is -0.493 e. The Balaban J connectivity index is 2.69. The van der Waals surface area contributed by atoms with E-state index in [4.69, 9.17) is 26.2 Å². The van der Waals surface area contributed by atoms with Crippen molar-refractivity contribution in [2.75, 3.05) is 14.2 Å². The van der Waals surface area contributed by atoms with Crippen LogP contribution in [0.3, 0.4) is 0 Å². The van der Waals surface area contributed by atoms with E-state index >= 15 is 0 Å². The number of halogens is 1. The van der Waals surface area contributed by atoms with Crippen LogP contribution in [0.15, 0.2) is 12.1 Å². The molecule has 11 nitrogen and oxygen atoms in total. The number of nitrogens with zero attached hydrogens (tertiary/aromatic N) is 4. The Morgan fingerprint density at radius 2 is 1.80 bits per heavy atom. The lowest BCUT2D eigenvalue weighted by Crippen LogP contribution is -2.12. The molecule has 0 saturated heterocycles. The molecule has 0 amide bonds. The first-order valence-corrected chi connectivity index (χ1v) is 7.07. The summed E-state index contributed by atoms with van der Waals surface area (Å²) in [7, 11) is 2.56. The van der Waals surface area contributed by atoms with Gasteiger partial charge in [0.2, 0.25) is 11.5 Å². The van der Waals surface area contributed by atoms with Gasteiger partial charge in [0, 0.05) is 6.07 Å². The Bertz CT molecular complexity index is 864. The Kier molecular flexibility index (Phi) is 5.17. The van der Waals surface area contributed by atoms with E-state index < -0.39 is 39.3 Å². The molecule has 0 aliphatic carbocycles. The largest absolute Gasteiger partial charge is 0.493 e. The first-order valence-electron chi connectivity index (χ1n) is 6.53. The third-order valence-corrected chi connectivity index (χ3v) is 3.34. The highest BCUT2D eigenvalue weighted by Crippen LogP contribution is 2.35. The number of aromatic carboxylic acids is 1. The number of benzene rings is 1. The van der Waals surface area contributed by atoms with Gasteiger partial charge in [-0.3, -0.25) is 14.9 Å². The second kappa shape index (κ2) is 7.13. The summed E-state index contributed by atoms with van der Waals surface area (Å²) < 4.78 is 9.99. The molecule has 0 radical (unpaired) electrons. The molecule has 0 saturated carbocycles. The average Bonchev–Trinajstić information content (AvgIpc) is 3.04. The van der Waals surface area contributed by atoms with E-state index in [0.29, 0.717) is 0 Å². The fourth-order valence-electron chi connectivity index (χ4n) is 2.03. The van der Waals surface area contributed by atoms with Gasteiger partial charge in [-0.1, -0.05) is 11.6 Å². The zero-order valence-electron chi connectivity index (χ0n) is 12.9. The quantitative estimate of drug-likeness (QED) is 0.330. The van der Waals surface area contributed by atoms with Gasteiger partial charge in [0.25, 0.3) is 5.69 Å². The van der Waals surface area contributed by atoms with Crippen LogP contribution in [0.5, 0.6) is 11.5 Å². The van der Waals surface area contributed by atoms with Crippen molar-refractivity contribution in [3.8, 4) is 11.5 Å². The highest BCUT2D eigenvalue weighted by molar-refractivity contribution is 6.16. The maximum Gasteiger partial charge on any atom is 0.358 e. The van der Waals surface area contributed by atoms with Crippen molar-refractivity contribution < 1.29 is 29.1 Å². The molecule has 2 rings (SSSR count). The summed E-state index contributed by atoms with van der Waals surface area (Å²) in [4.78, 5) is 35.2. The third kappa shape index (κ3) is 3.35. The summed E-state index contributed by atoms with van der Waals surface area (Å²) in [6.07, 6.45) is 0. The molecule has 0 atom stereocenters. The summed E-state index contributed by atoms with van der Waals surface area (Å²) in [5.74, 6) is -2.45. The van der Waals surface area contributed by atoms with Crippen molar-refractivity contribution in [3.63, 3.8) is 0 Å². The normalized spacial score (nSPS) is 10.4. The molecule has 0 bridgehead atoms. The Morgan fingerprint density at radius 3 is 2.28 bits per heavy atom. The fraction of sp³-hybridized carbons (Fsp3) is 0.231. The van der Waals surface area contributed by atoms with Gasteiger partial charge < -0.3 is 14.6 Å². The number of hydrogen-bond acceptors (Lipinski definition) is 8. The number of carboxylic acid groups (broad SMARTS) is 1. The molecule has 25 heavy (non-hydrogen) atoms. The third-order valence-electron chi connectivity index (χ3n) is 3.12. The molecular weight excluding hydrogens is 360 g/mol. The summed E-state index contributed by atoms with van der Waals surface area (Å²) in [5, 5.41) is 27.7. The summed E-state index contributed by atoms with van der Waals surface area (Å²) >= 11 is 5.53. The van der Waals surface area contributed by atoms with Crippen molar-refractivity contribution in [2.24, 2.45) is 0 Å². The number of carbonyl (C=O) groups is 2. The molecule has 1 aromatic carbocycles. The van der Waals surface area contributed by atoms with Gasteiger partial charge in [-0.05, 0) is 0 Å². The summed E-state index contributed by atoms with van der Waals surface area (Å²) in [6.45, 7) is 0. The van der Waals surface area contributed by atoms with Crippen LogP contribution in [0.2, 0.25) is 0 Å². The maximum absolute atomic E-state index is 12.7. The Hall–Kier alpha value is -3.21. The van der Waals surface area contributed by atoms with Crippen molar-refractivity contribution in [1.82, 2.24) is 15.0 Å². The number of nitro benzene ring substituents is 1. The zero-order valence-corrected chi connectivity index (χ0v) is 13.7. The smallest absolute Gasteiger partial charge is 0.358 e. The van der Waals surface area contributed by atoms with Crippen molar-refractivity contribution in [2.45, 2.75) is 6.00 Å². The Morgan fingerprint density at radius 1 is 1.24 bits per heavy atom. The van der Waals surface area contributed by atoms with E-state index in [1.54, 1.807) is 0 Å². The van der Waals surface area contributed by atoms with Crippen LogP contribution < -0.4 is 9.47 Å². The number of aromatic nitrogens is 3. The van der Waals surface area contributed by atoms with Crippen molar-refractivity contribution >= 4 is 29.0 Å². The van der Waals surface area contributed by atoms with E-state index in [1.165, 1.54) is 14.2 Å². The minimum absolute atomic E-state index is 0.0358. The van der Waals surface area contributed by atoms with Gasteiger partial charge in [-0.15, -0.1) is 10.2 Å². The van der Waals surface area contributed by atoms with Gasteiger partial charge >= 0.3 is 5.97 Å². The van der Waals surface area contributed by atoms with Crippen molar-refractivity contribution in [3.05, 3.63) is 39.2 Å². The first-order chi connectivity index (χ1) is 11.8. The minimum atomic E-state index is -1.53. The number of hydrogen-bond donors (Lipinski definition) is 1. The van der Waals surface area contributed by atoms with Gasteiger partial charge in [0.05, 0.1) is 25.2 Å². The number of carbonyl (C=O) groups excluding carboxylic acids is 1. The number of nitro groups is 1. The van der Waals surface area contributed by atoms with Crippen LogP contribution in [0.1, 0.15) is 26.5 Å². The number of ether oxygens (including phenoxy) is 2. The monoisotopic (exact) mass is 370 g/mol. The summed E-state index contributed by atoms with van der Waals surface area (Å²) in [6, 6.07) is 1.77. The van der Waals surface area contributed by atoms with E-state index in [9.17, 15) is 19.7 Å². The highest BCUT2D eigenvalue weighted by atomic mass is 35.5. The van der Waals surface area contributed by atoms with Crippen LogP contribution >= 0.6 is 11.6 Å². The maximum atomic E-state index is 12.7. The lowest BCUT2D eigenvalue weighted by atomic mass is 10.0. The molecule has 132 valence electrons.